The Morgan fingerprint density at radius 2 is 1.53 bits per heavy atom. The summed E-state index contributed by atoms with van der Waals surface area (Å²) in [6.07, 6.45) is 14.7. The summed E-state index contributed by atoms with van der Waals surface area (Å²) in [5.41, 5.74) is 3.98. The molecule has 105 valence electrons. The van der Waals surface area contributed by atoms with Gasteiger partial charge in [-0.25, -0.2) is 22.8 Å². The fourth-order valence-corrected chi connectivity index (χ4v) is 1.16. The summed E-state index contributed by atoms with van der Waals surface area (Å²) < 4.78 is 0. The van der Waals surface area contributed by atoms with E-state index in [4.69, 9.17) is 0 Å². The van der Waals surface area contributed by atoms with Crippen molar-refractivity contribution in [1.82, 2.24) is 0 Å². The summed E-state index contributed by atoms with van der Waals surface area (Å²) in [4.78, 5) is 0. The standard InChI is InChI=1S/C7H9.C6H7.C2H7Si.2ClH.Zr/c1-6-4-3-5-7(6)2;1-6-4-2-3-5-6;1-3-2;;;/h4H,3H2,1-2H3;2,4H,3H2,1H3;3H,1-2H3;2*1H;/q2*-1;;;;+4/p-2. The summed E-state index contributed by atoms with van der Waals surface area (Å²) >= 11 is 0. The van der Waals surface area contributed by atoms with E-state index in [1.807, 2.05) is 0 Å². The monoisotopic (exact) mass is 391 g/mol. The van der Waals surface area contributed by atoms with E-state index in [9.17, 15) is 0 Å². The van der Waals surface area contributed by atoms with Crippen LogP contribution in [0.2, 0.25) is 13.1 Å². The van der Waals surface area contributed by atoms with Crippen molar-refractivity contribution in [2.24, 2.45) is 0 Å². The molecule has 0 aliphatic heterocycles. The molecule has 2 aliphatic rings. The van der Waals surface area contributed by atoms with Crippen molar-refractivity contribution in [1.29, 1.82) is 0 Å². The zero-order chi connectivity index (χ0) is 12.4. The maximum absolute atomic E-state index is 3.19. The van der Waals surface area contributed by atoms with Crippen LogP contribution < -0.4 is 24.8 Å². The van der Waals surface area contributed by atoms with Gasteiger partial charge in [-0.3, -0.25) is 12.2 Å². The van der Waals surface area contributed by atoms with Gasteiger partial charge < -0.3 is 24.8 Å². The van der Waals surface area contributed by atoms with Gasteiger partial charge in [-0.1, -0.05) is 26.9 Å². The second-order valence-electron chi connectivity index (χ2n) is 3.94. The van der Waals surface area contributed by atoms with Crippen LogP contribution in [-0.2, 0) is 26.2 Å². The zero-order valence-corrected chi connectivity index (χ0v) is 17.6. The summed E-state index contributed by atoms with van der Waals surface area (Å²) in [5.74, 6) is 0. The van der Waals surface area contributed by atoms with E-state index in [1.165, 1.54) is 16.7 Å². The van der Waals surface area contributed by atoms with Crippen LogP contribution >= 0.6 is 0 Å². The largest absolute Gasteiger partial charge is 4.00 e. The molecule has 4 heteroatoms. The Hall–Kier alpha value is 0.640. The number of hydrogen-bond acceptors (Lipinski definition) is 0. The van der Waals surface area contributed by atoms with Crippen LogP contribution in [0.15, 0.2) is 34.9 Å². The molecule has 0 heterocycles. The fraction of sp³-hybridized carbons (Fsp3) is 0.467. The average molecular weight is 394 g/mol. The molecule has 0 aromatic heterocycles. The average Bonchev–Trinajstić information content (AvgIpc) is 2.83. The topological polar surface area (TPSA) is 0 Å². The summed E-state index contributed by atoms with van der Waals surface area (Å²) in [7, 11) is 0.750. The minimum absolute atomic E-state index is 0. The minimum atomic E-state index is 0. The Bertz CT molecular complexity index is 299. The van der Waals surface area contributed by atoms with Crippen molar-refractivity contribution < 1.29 is 51.0 Å². The van der Waals surface area contributed by atoms with E-state index in [1.54, 1.807) is 0 Å². The minimum Gasteiger partial charge on any atom is -1.00 e. The normalized spacial score (nSPS) is 13.8. The van der Waals surface area contributed by atoms with E-state index >= 15 is 0 Å². The first-order valence-corrected chi connectivity index (χ1v) is 8.15. The SMILES string of the molecule is CC1=[C-]CC=C1.CC1=[C-]CC=C1C.C[SiH]C.[Cl-].[Cl-].[Zr+4]. The first-order chi connectivity index (χ1) is 7.61. The predicted molar refractivity (Wildman–Crippen MR) is 75.9 cm³/mol. The smallest absolute Gasteiger partial charge is 1.00 e. The van der Waals surface area contributed by atoms with Crippen LogP contribution in [0.4, 0.5) is 0 Å². The Kier molecular flexibility index (Phi) is 27.4. The molecule has 0 fully saturated rings. The van der Waals surface area contributed by atoms with Crippen molar-refractivity contribution in [3.63, 3.8) is 0 Å². The van der Waals surface area contributed by atoms with Gasteiger partial charge in [0.05, 0.1) is 0 Å². The van der Waals surface area contributed by atoms with Crippen molar-refractivity contribution in [3.05, 3.63) is 47.1 Å². The van der Waals surface area contributed by atoms with E-state index in [0.717, 1.165) is 22.4 Å². The summed E-state index contributed by atoms with van der Waals surface area (Å²) in [5, 5.41) is 0. The molecule has 0 atom stereocenters. The van der Waals surface area contributed by atoms with Crippen molar-refractivity contribution >= 4 is 9.52 Å². The fourth-order valence-electron chi connectivity index (χ4n) is 1.16. The molecule has 0 bridgehead atoms. The van der Waals surface area contributed by atoms with Crippen LogP contribution in [-0.4, -0.2) is 9.52 Å². The maximum atomic E-state index is 3.19. The number of halogens is 2. The number of rotatable bonds is 0. The van der Waals surface area contributed by atoms with Crippen LogP contribution in [0.1, 0.15) is 33.6 Å². The molecule has 0 N–H and O–H groups in total. The second kappa shape index (κ2) is 18.6. The second-order valence-corrected chi connectivity index (χ2v) is 5.09. The first kappa shape index (κ1) is 27.9. The molecule has 19 heavy (non-hydrogen) atoms. The molecule has 0 unspecified atom stereocenters. The van der Waals surface area contributed by atoms with Crippen molar-refractivity contribution in [3.8, 4) is 0 Å². The van der Waals surface area contributed by atoms with E-state index in [-0.39, 0.29) is 51.0 Å². The van der Waals surface area contributed by atoms with Crippen LogP contribution in [0.25, 0.3) is 0 Å². The Balaban J connectivity index is -0.0000000877. The van der Waals surface area contributed by atoms with Gasteiger partial charge in [0.1, 0.15) is 0 Å². The molecule has 1 radical (unpaired) electrons. The molecule has 0 aromatic carbocycles. The molecular weight excluding hydrogens is 370 g/mol. The van der Waals surface area contributed by atoms with Crippen LogP contribution in [0.3, 0.4) is 0 Å². The van der Waals surface area contributed by atoms with Gasteiger partial charge in [-0.2, -0.15) is 12.2 Å². The van der Waals surface area contributed by atoms with Gasteiger partial charge in [0.2, 0.25) is 0 Å². The van der Waals surface area contributed by atoms with Crippen LogP contribution in [0.5, 0.6) is 0 Å². The van der Waals surface area contributed by atoms with Crippen molar-refractivity contribution in [2.75, 3.05) is 0 Å². The molecule has 2 aliphatic carbocycles. The van der Waals surface area contributed by atoms with Gasteiger partial charge >= 0.3 is 26.2 Å². The third-order valence-corrected chi connectivity index (χ3v) is 2.23. The summed E-state index contributed by atoms with van der Waals surface area (Å²) in [6.45, 7) is 10.7. The predicted octanol–water partition coefficient (Wildman–Crippen LogP) is -1.69. The van der Waals surface area contributed by atoms with Gasteiger partial charge in [0, 0.05) is 9.52 Å². The molecule has 0 aromatic rings. The molecule has 0 nitrogen and oxygen atoms in total. The number of allylic oxidation sites excluding steroid dienone is 8. The maximum Gasteiger partial charge on any atom is 4.00 e. The Morgan fingerprint density at radius 3 is 1.63 bits per heavy atom. The molecule has 0 spiro atoms. The molecule has 2 rings (SSSR count). The van der Waals surface area contributed by atoms with Gasteiger partial charge in [-0.05, 0) is 0 Å². The van der Waals surface area contributed by atoms with E-state index in [0.29, 0.717) is 0 Å². The van der Waals surface area contributed by atoms with Gasteiger partial charge in [0.25, 0.3) is 0 Å². The molecule has 0 amide bonds. The quantitative estimate of drug-likeness (QED) is 0.340. The number of hydrogen-bond donors (Lipinski definition) is 0. The van der Waals surface area contributed by atoms with E-state index < -0.39 is 0 Å². The van der Waals surface area contributed by atoms with Gasteiger partial charge in [0.15, 0.2) is 0 Å². The van der Waals surface area contributed by atoms with Gasteiger partial charge in [-0.15, -0.1) is 19.8 Å². The van der Waals surface area contributed by atoms with E-state index in [2.05, 4.69) is 64.2 Å². The van der Waals surface area contributed by atoms with Crippen molar-refractivity contribution in [2.45, 2.75) is 46.7 Å². The zero-order valence-electron chi connectivity index (χ0n) is 12.5. The molecule has 0 saturated carbocycles. The van der Waals surface area contributed by atoms with Crippen LogP contribution in [0, 0.1) is 12.2 Å². The summed E-state index contributed by atoms with van der Waals surface area (Å²) in [6, 6.07) is 0. The first-order valence-electron chi connectivity index (χ1n) is 5.84. The third kappa shape index (κ3) is 16.6. The molecular formula is C15H23Cl2SiZr. The Labute approximate surface area is 153 Å². The Morgan fingerprint density at radius 1 is 1.00 bits per heavy atom. The molecule has 0 saturated heterocycles. The third-order valence-electron chi connectivity index (χ3n) is 2.23.